The van der Waals surface area contributed by atoms with Crippen LogP contribution in [-0.2, 0) is 6.42 Å². The number of hydrogen-bond acceptors (Lipinski definition) is 4. The molecule has 0 saturated carbocycles. The smallest absolute Gasteiger partial charge is 0.133 e. The van der Waals surface area contributed by atoms with Crippen molar-refractivity contribution in [3.05, 3.63) is 12.2 Å². The zero-order valence-electron chi connectivity index (χ0n) is 9.76. The van der Waals surface area contributed by atoms with Gasteiger partial charge in [0.05, 0.1) is 12.6 Å². The van der Waals surface area contributed by atoms with Gasteiger partial charge in [-0.25, -0.2) is 0 Å². The van der Waals surface area contributed by atoms with Gasteiger partial charge in [-0.2, -0.15) is 0 Å². The van der Waals surface area contributed by atoms with E-state index in [-0.39, 0.29) is 12.6 Å². The Hall–Kier alpha value is -0.940. The molecule has 2 heterocycles. The van der Waals surface area contributed by atoms with E-state index in [9.17, 15) is 0 Å². The maximum absolute atomic E-state index is 9.15. The monoisotopic (exact) mass is 224 g/mol. The maximum atomic E-state index is 9.15. The lowest BCUT2D eigenvalue weighted by atomic mass is 9.94. The maximum Gasteiger partial charge on any atom is 0.133 e. The van der Waals surface area contributed by atoms with Crippen LogP contribution in [0, 0.1) is 5.92 Å². The zero-order chi connectivity index (χ0) is 11.4. The van der Waals surface area contributed by atoms with Crippen molar-refractivity contribution in [2.45, 2.75) is 32.2 Å². The quantitative estimate of drug-likeness (QED) is 0.776. The first-order valence-corrected chi connectivity index (χ1v) is 6.01. The van der Waals surface area contributed by atoms with E-state index in [0.29, 0.717) is 5.92 Å². The van der Waals surface area contributed by atoms with Crippen molar-refractivity contribution in [1.29, 1.82) is 0 Å². The van der Waals surface area contributed by atoms with Gasteiger partial charge in [0.15, 0.2) is 0 Å². The van der Waals surface area contributed by atoms with E-state index in [2.05, 4.69) is 15.5 Å². The van der Waals surface area contributed by atoms with E-state index in [4.69, 9.17) is 5.11 Å². The number of aromatic nitrogens is 3. The topological polar surface area (TPSA) is 63.0 Å². The van der Waals surface area contributed by atoms with Crippen molar-refractivity contribution in [1.82, 2.24) is 20.1 Å². The number of hydrogen-bond donors (Lipinski definition) is 2. The Morgan fingerprint density at radius 1 is 1.56 bits per heavy atom. The molecular formula is C11H20N4O. The van der Waals surface area contributed by atoms with Crippen LogP contribution in [0.4, 0.5) is 0 Å². The number of nitrogens with one attached hydrogen (secondary N) is 1. The number of rotatable bonds is 4. The fraction of sp³-hybridized carbons (Fsp3) is 0.818. The summed E-state index contributed by atoms with van der Waals surface area (Å²) in [5, 5.41) is 20.6. The van der Waals surface area contributed by atoms with Gasteiger partial charge in [0.25, 0.3) is 0 Å². The first-order chi connectivity index (χ1) is 7.81. The van der Waals surface area contributed by atoms with Crippen molar-refractivity contribution < 1.29 is 5.11 Å². The Morgan fingerprint density at radius 3 is 3.00 bits per heavy atom. The zero-order valence-corrected chi connectivity index (χ0v) is 9.76. The van der Waals surface area contributed by atoms with Crippen molar-refractivity contribution in [2.24, 2.45) is 5.92 Å². The summed E-state index contributed by atoms with van der Waals surface area (Å²) in [5.74, 6) is 1.71. The Bertz CT molecular complexity index is 320. The predicted octanol–water partition coefficient (Wildman–Crippen LogP) is 0.373. The minimum atomic E-state index is 0.0757. The number of nitrogens with zero attached hydrogens (tertiary/aromatic N) is 3. The van der Waals surface area contributed by atoms with Crippen molar-refractivity contribution in [3.63, 3.8) is 0 Å². The third kappa shape index (κ3) is 2.59. The third-order valence-corrected chi connectivity index (χ3v) is 3.32. The van der Waals surface area contributed by atoms with E-state index in [1.165, 1.54) is 12.8 Å². The Balaban J connectivity index is 2.00. The van der Waals surface area contributed by atoms with Gasteiger partial charge in [0, 0.05) is 6.42 Å². The van der Waals surface area contributed by atoms with Gasteiger partial charge in [-0.05, 0) is 38.8 Å². The molecule has 1 fully saturated rings. The van der Waals surface area contributed by atoms with E-state index in [1.807, 2.05) is 11.5 Å². The molecule has 1 atom stereocenters. The second-order valence-corrected chi connectivity index (χ2v) is 4.58. The first kappa shape index (κ1) is 11.5. The molecule has 1 saturated heterocycles. The van der Waals surface area contributed by atoms with Gasteiger partial charge in [0.1, 0.15) is 12.2 Å². The molecule has 90 valence electrons. The molecule has 0 spiro atoms. The molecule has 2 rings (SSSR count). The van der Waals surface area contributed by atoms with Crippen molar-refractivity contribution in [3.8, 4) is 0 Å². The SMILES string of the molecule is CC(CO)n1cnnc1CC1CCNCC1. The molecule has 0 radical (unpaired) electrons. The third-order valence-electron chi connectivity index (χ3n) is 3.32. The highest BCUT2D eigenvalue weighted by Gasteiger charge is 2.18. The molecule has 1 aromatic rings. The lowest BCUT2D eigenvalue weighted by molar-refractivity contribution is 0.234. The van der Waals surface area contributed by atoms with Crippen LogP contribution in [0.15, 0.2) is 6.33 Å². The lowest BCUT2D eigenvalue weighted by Crippen LogP contribution is -2.29. The van der Waals surface area contributed by atoms with Gasteiger partial charge in [-0.1, -0.05) is 0 Å². The van der Waals surface area contributed by atoms with Crippen LogP contribution in [0.2, 0.25) is 0 Å². The van der Waals surface area contributed by atoms with Crippen LogP contribution in [-0.4, -0.2) is 39.6 Å². The summed E-state index contributed by atoms with van der Waals surface area (Å²) < 4.78 is 1.99. The molecule has 1 unspecified atom stereocenters. The second kappa shape index (κ2) is 5.41. The van der Waals surface area contributed by atoms with Gasteiger partial charge >= 0.3 is 0 Å². The predicted molar refractivity (Wildman–Crippen MR) is 61.1 cm³/mol. The summed E-state index contributed by atoms with van der Waals surface area (Å²) in [5.41, 5.74) is 0. The Labute approximate surface area is 95.9 Å². The molecule has 5 nitrogen and oxygen atoms in total. The molecule has 1 aliphatic heterocycles. The summed E-state index contributed by atoms with van der Waals surface area (Å²) >= 11 is 0. The highest BCUT2D eigenvalue weighted by Crippen LogP contribution is 2.18. The first-order valence-electron chi connectivity index (χ1n) is 6.01. The fourth-order valence-corrected chi connectivity index (χ4v) is 2.21. The van der Waals surface area contributed by atoms with Crippen LogP contribution < -0.4 is 5.32 Å². The minimum absolute atomic E-state index is 0.0757. The van der Waals surface area contributed by atoms with E-state index >= 15 is 0 Å². The molecular weight excluding hydrogens is 204 g/mol. The molecule has 5 heteroatoms. The fourth-order valence-electron chi connectivity index (χ4n) is 2.21. The number of aliphatic hydroxyl groups excluding tert-OH is 1. The largest absolute Gasteiger partial charge is 0.394 e. The van der Waals surface area contributed by atoms with Gasteiger partial charge in [0.2, 0.25) is 0 Å². The summed E-state index contributed by atoms with van der Waals surface area (Å²) in [4.78, 5) is 0. The Kier molecular flexibility index (Phi) is 3.90. The molecule has 0 aliphatic carbocycles. The average molecular weight is 224 g/mol. The van der Waals surface area contributed by atoms with E-state index < -0.39 is 0 Å². The minimum Gasteiger partial charge on any atom is -0.394 e. The summed E-state index contributed by atoms with van der Waals surface area (Å²) in [6.45, 7) is 4.33. The highest BCUT2D eigenvalue weighted by molar-refractivity contribution is 4.92. The molecule has 2 N–H and O–H groups in total. The van der Waals surface area contributed by atoms with Crippen molar-refractivity contribution >= 4 is 0 Å². The molecule has 16 heavy (non-hydrogen) atoms. The van der Waals surface area contributed by atoms with Gasteiger partial charge in [-0.15, -0.1) is 10.2 Å². The number of aliphatic hydroxyl groups is 1. The molecule has 0 amide bonds. The highest BCUT2D eigenvalue weighted by atomic mass is 16.3. The summed E-state index contributed by atoms with van der Waals surface area (Å²) in [6.07, 6.45) is 5.12. The van der Waals surface area contributed by atoms with E-state index in [1.54, 1.807) is 6.33 Å². The van der Waals surface area contributed by atoms with Gasteiger partial charge < -0.3 is 15.0 Å². The summed E-state index contributed by atoms with van der Waals surface area (Å²) in [6, 6.07) is 0.0757. The Morgan fingerprint density at radius 2 is 2.31 bits per heavy atom. The average Bonchev–Trinajstić information content (AvgIpc) is 2.77. The standard InChI is InChI=1S/C11H20N4O/c1-9(7-16)15-8-13-14-11(15)6-10-2-4-12-5-3-10/h8-10,12,16H,2-7H2,1H3. The molecule has 0 bridgehead atoms. The van der Waals surface area contributed by atoms with Crippen LogP contribution in [0.25, 0.3) is 0 Å². The normalized spacial score (nSPS) is 19.9. The second-order valence-electron chi connectivity index (χ2n) is 4.58. The molecule has 1 aliphatic rings. The van der Waals surface area contributed by atoms with Crippen LogP contribution in [0.3, 0.4) is 0 Å². The van der Waals surface area contributed by atoms with Crippen LogP contribution in [0.1, 0.15) is 31.6 Å². The number of piperidine rings is 1. The van der Waals surface area contributed by atoms with E-state index in [0.717, 1.165) is 25.3 Å². The van der Waals surface area contributed by atoms with Crippen LogP contribution in [0.5, 0.6) is 0 Å². The molecule has 0 aromatic carbocycles. The van der Waals surface area contributed by atoms with Crippen LogP contribution >= 0.6 is 0 Å². The van der Waals surface area contributed by atoms with Crippen molar-refractivity contribution in [2.75, 3.05) is 19.7 Å². The molecule has 1 aromatic heterocycles. The summed E-state index contributed by atoms with van der Waals surface area (Å²) in [7, 11) is 0. The lowest BCUT2D eigenvalue weighted by Gasteiger charge is -2.23. The van der Waals surface area contributed by atoms with Gasteiger partial charge in [-0.3, -0.25) is 0 Å².